The Morgan fingerprint density at radius 3 is 3.21 bits per heavy atom. The standard InChI is InChI=1S/C18H24N4O2/c1-24-11-10-22-9-3-5-15(22)13-20-18(23)21-17-6-2-4-14-12-19-8-7-16(14)17/h2,4,6-8,12,15H,3,5,9-11,13H2,1H3,(H2,20,21,23)/t15-/m1/s1. The van der Waals surface area contributed by atoms with Crippen molar-refractivity contribution in [2.75, 3.05) is 38.7 Å². The zero-order valence-corrected chi connectivity index (χ0v) is 14.0. The number of benzene rings is 1. The lowest BCUT2D eigenvalue weighted by molar-refractivity contribution is 0.140. The second-order valence-corrected chi connectivity index (χ2v) is 6.06. The van der Waals surface area contributed by atoms with Crippen LogP contribution in [0, 0.1) is 0 Å². The van der Waals surface area contributed by atoms with Gasteiger partial charge in [-0.1, -0.05) is 12.1 Å². The van der Waals surface area contributed by atoms with Crippen LogP contribution in [-0.2, 0) is 4.74 Å². The third kappa shape index (κ3) is 4.01. The summed E-state index contributed by atoms with van der Waals surface area (Å²) in [4.78, 5) is 18.7. The van der Waals surface area contributed by atoms with E-state index in [4.69, 9.17) is 4.74 Å². The van der Waals surface area contributed by atoms with Gasteiger partial charge in [0.1, 0.15) is 0 Å². The van der Waals surface area contributed by atoms with E-state index in [9.17, 15) is 4.79 Å². The SMILES string of the molecule is COCCN1CCC[C@@H]1CNC(=O)Nc1cccc2cnccc12. The molecule has 0 radical (unpaired) electrons. The minimum Gasteiger partial charge on any atom is -0.383 e. The quantitative estimate of drug-likeness (QED) is 0.855. The Kier molecular flexibility index (Phi) is 5.61. The number of nitrogens with one attached hydrogen (secondary N) is 2. The summed E-state index contributed by atoms with van der Waals surface area (Å²) in [5.74, 6) is 0. The fourth-order valence-corrected chi connectivity index (χ4v) is 3.24. The molecule has 0 aliphatic carbocycles. The molecule has 1 fully saturated rings. The third-order valence-corrected chi connectivity index (χ3v) is 4.51. The van der Waals surface area contributed by atoms with Gasteiger partial charge in [-0.25, -0.2) is 4.79 Å². The number of nitrogens with zero attached hydrogens (tertiary/aromatic N) is 2. The van der Waals surface area contributed by atoms with Crippen LogP contribution >= 0.6 is 0 Å². The van der Waals surface area contributed by atoms with E-state index >= 15 is 0 Å². The van der Waals surface area contributed by atoms with E-state index in [-0.39, 0.29) is 6.03 Å². The maximum absolute atomic E-state index is 12.3. The summed E-state index contributed by atoms with van der Waals surface area (Å²) in [6.07, 6.45) is 5.82. The Balaban J connectivity index is 1.55. The monoisotopic (exact) mass is 328 g/mol. The van der Waals surface area contributed by atoms with Gasteiger partial charge in [-0.2, -0.15) is 0 Å². The van der Waals surface area contributed by atoms with Gasteiger partial charge < -0.3 is 15.4 Å². The number of carbonyl (C=O) groups is 1. The molecule has 0 bridgehead atoms. The predicted molar refractivity (Wildman–Crippen MR) is 95.2 cm³/mol. The topological polar surface area (TPSA) is 66.5 Å². The summed E-state index contributed by atoms with van der Waals surface area (Å²) < 4.78 is 5.15. The molecule has 1 aromatic heterocycles. The van der Waals surface area contributed by atoms with Crippen molar-refractivity contribution in [2.24, 2.45) is 0 Å². The lowest BCUT2D eigenvalue weighted by atomic mass is 10.1. The minimum atomic E-state index is -0.169. The molecule has 2 amide bonds. The third-order valence-electron chi connectivity index (χ3n) is 4.51. The molecule has 1 aromatic carbocycles. The Labute approximate surface area is 142 Å². The van der Waals surface area contributed by atoms with E-state index < -0.39 is 0 Å². The highest BCUT2D eigenvalue weighted by Crippen LogP contribution is 2.22. The molecule has 1 atom stereocenters. The molecule has 0 spiro atoms. The van der Waals surface area contributed by atoms with Gasteiger partial charge in [-0.15, -0.1) is 0 Å². The summed E-state index contributed by atoms with van der Waals surface area (Å²) in [7, 11) is 1.72. The van der Waals surface area contributed by atoms with Crippen LogP contribution in [0.5, 0.6) is 0 Å². The molecule has 1 aliphatic rings. The second kappa shape index (κ2) is 8.08. The largest absolute Gasteiger partial charge is 0.383 e. The number of fused-ring (bicyclic) bond motifs is 1. The summed E-state index contributed by atoms with van der Waals surface area (Å²) in [5.41, 5.74) is 0.801. The first kappa shape index (κ1) is 16.7. The average molecular weight is 328 g/mol. The van der Waals surface area contributed by atoms with Gasteiger partial charge in [0.2, 0.25) is 0 Å². The van der Waals surface area contributed by atoms with Gasteiger partial charge in [0.25, 0.3) is 0 Å². The van der Waals surface area contributed by atoms with Crippen LogP contribution in [0.4, 0.5) is 10.5 Å². The van der Waals surface area contributed by atoms with Crippen molar-refractivity contribution in [2.45, 2.75) is 18.9 Å². The number of carbonyl (C=O) groups excluding carboxylic acids is 1. The van der Waals surface area contributed by atoms with Crippen molar-refractivity contribution in [1.82, 2.24) is 15.2 Å². The van der Waals surface area contributed by atoms with E-state index in [0.29, 0.717) is 12.6 Å². The maximum Gasteiger partial charge on any atom is 0.319 e. The molecule has 2 heterocycles. The van der Waals surface area contributed by atoms with E-state index in [1.54, 1.807) is 19.5 Å². The van der Waals surface area contributed by atoms with Crippen molar-refractivity contribution in [3.8, 4) is 0 Å². The number of anilines is 1. The van der Waals surface area contributed by atoms with Gasteiger partial charge >= 0.3 is 6.03 Å². The van der Waals surface area contributed by atoms with Crippen LogP contribution in [0.15, 0.2) is 36.7 Å². The van der Waals surface area contributed by atoms with Crippen molar-refractivity contribution in [1.29, 1.82) is 0 Å². The number of ether oxygens (including phenoxy) is 1. The number of amides is 2. The van der Waals surface area contributed by atoms with Gasteiger partial charge in [0.15, 0.2) is 0 Å². The average Bonchev–Trinajstić information content (AvgIpc) is 3.06. The van der Waals surface area contributed by atoms with E-state index in [0.717, 1.165) is 42.6 Å². The Bertz CT molecular complexity index is 686. The number of rotatable bonds is 6. The number of methoxy groups -OCH3 is 1. The number of hydrogen-bond donors (Lipinski definition) is 2. The van der Waals surface area contributed by atoms with Crippen molar-refractivity contribution in [3.05, 3.63) is 36.7 Å². The van der Waals surface area contributed by atoms with Crippen molar-refractivity contribution in [3.63, 3.8) is 0 Å². The van der Waals surface area contributed by atoms with Crippen LogP contribution in [0.1, 0.15) is 12.8 Å². The van der Waals surface area contributed by atoms with Crippen LogP contribution < -0.4 is 10.6 Å². The number of pyridine rings is 1. The molecule has 1 saturated heterocycles. The first-order valence-corrected chi connectivity index (χ1v) is 8.38. The zero-order valence-electron chi connectivity index (χ0n) is 14.0. The summed E-state index contributed by atoms with van der Waals surface area (Å²) in [5, 5.41) is 7.94. The van der Waals surface area contributed by atoms with Gasteiger partial charge in [-0.3, -0.25) is 9.88 Å². The number of likely N-dealkylation sites (tertiary alicyclic amines) is 1. The highest BCUT2D eigenvalue weighted by Gasteiger charge is 2.24. The summed E-state index contributed by atoms with van der Waals surface area (Å²) in [6.45, 7) is 3.38. The molecule has 0 unspecified atom stereocenters. The van der Waals surface area contributed by atoms with E-state index in [1.807, 2.05) is 24.3 Å². The first-order valence-electron chi connectivity index (χ1n) is 8.38. The van der Waals surface area contributed by atoms with Crippen LogP contribution in [0.25, 0.3) is 10.8 Å². The Morgan fingerprint density at radius 2 is 2.33 bits per heavy atom. The molecule has 6 nitrogen and oxygen atoms in total. The maximum atomic E-state index is 12.3. The molecule has 1 aliphatic heterocycles. The van der Waals surface area contributed by atoms with Crippen molar-refractivity contribution >= 4 is 22.5 Å². The molecule has 2 N–H and O–H groups in total. The Morgan fingerprint density at radius 1 is 1.42 bits per heavy atom. The molecule has 3 rings (SSSR count). The lowest BCUT2D eigenvalue weighted by Crippen LogP contribution is -2.42. The molecule has 128 valence electrons. The van der Waals surface area contributed by atoms with Gasteiger partial charge in [0.05, 0.1) is 12.3 Å². The normalized spacial score (nSPS) is 18.0. The highest BCUT2D eigenvalue weighted by atomic mass is 16.5. The van der Waals surface area contributed by atoms with E-state index in [1.165, 1.54) is 6.42 Å². The van der Waals surface area contributed by atoms with Gasteiger partial charge in [0, 0.05) is 49.4 Å². The fraction of sp³-hybridized carbons (Fsp3) is 0.444. The lowest BCUT2D eigenvalue weighted by Gasteiger charge is -2.24. The number of aromatic nitrogens is 1. The molecular weight excluding hydrogens is 304 g/mol. The van der Waals surface area contributed by atoms with Crippen LogP contribution in [-0.4, -0.2) is 55.3 Å². The molecule has 6 heteroatoms. The minimum absolute atomic E-state index is 0.169. The van der Waals surface area contributed by atoms with E-state index in [2.05, 4.69) is 20.5 Å². The number of hydrogen-bond acceptors (Lipinski definition) is 4. The number of urea groups is 1. The fourth-order valence-electron chi connectivity index (χ4n) is 3.24. The van der Waals surface area contributed by atoms with Gasteiger partial charge in [-0.05, 0) is 31.5 Å². The summed E-state index contributed by atoms with van der Waals surface area (Å²) >= 11 is 0. The highest BCUT2D eigenvalue weighted by molar-refractivity contribution is 6.01. The zero-order chi connectivity index (χ0) is 16.8. The Hall–Kier alpha value is -2.18. The second-order valence-electron chi connectivity index (χ2n) is 6.06. The molecular formula is C18H24N4O2. The van der Waals surface area contributed by atoms with Crippen molar-refractivity contribution < 1.29 is 9.53 Å². The first-order chi connectivity index (χ1) is 11.8. The molecule has 2 aromatic rings. The predicted octanol–water partition coefficient (Wildman–Crippen LogP) is 2.47. The summed E-state index contributed by atoms with van der Waals surface area (Å²) in [6, 6.07) is 7.94. The van der Waals surface area contributed by atoms with Crippen LogP contribution in [0.2, 0.25) is 0 Å². The molecule has 0 saturated carbocycles. The molecule has 24 heavy (non-hydrogen) atoms. The smallest absolute Gasteiger partial charge is 0.319 e. The van der Waals surface area contributed by atoms with Crippen LogP contribution in [0.3, 0.4) is 0 Å².